The molecule has 0 aliphatic carbocycles. The predicted octanol–water partition coefficient (Wildman–Crippen LogP) is 1.51. The number of amides is 1. The Morgan fingerprint density at radius 2 is 1.35 bits per heavy atom. The summed E-state index contributed by atoms with van der Waals surface area (Å²) in [7, 11) is 0. The van der Waals surface area contributed by atoms with E-state index in [-0.39, 0.29) is 23.5 Å². The lowest BCUT2D eigenvalue weighted by molar-refractivity contribution is -0.137. The van der Waals surface area contributed by atoms with Crippen LogP contribution in [0.4, 0.5) is 0 Å². The third-order valence-electron chi connectivity index (χ3n) is 2.35. The minimum atomic E-state index is -1.16. The van der Waals surface area contributed by atoms with Crippen LogP contribution in [0.2, 0.25) is 0 Å². The van der Waals surface area contributed by atoms with Gasteiger partial charge in [0.15, 0.2) is 5.78 Å². The van der Waals surface area contributed by atoms with Crippen molar-refractivity contribution in [1.82, 2.24) is 5.32 Å². The molecule has 0 heterocycles. The molecule has 0 rings (SSSR count). The van der Waals surface area contributed by atoms with E-state index in [9.17, 15) is 14.7 Å². The van der Waals surface area contributed by atoms with Crippen molar-refractivity contribution in [3.05, 3.63) is 0 Å². The Morgan fingerprint density at radius 1 is 0.950 bits per heavy atom. The van der Waals surface area contributed by atoms with Crippen molar-refractivity contribution in [2.75, 3.05) is 6.54 Å². The molecule has 0 unspecified atom stereocenters. The van der Waals surface area contributed by atoms with Gasteiger partial charge in [-0.1, -0.05) is 27.7 Å². The molecule has 0 aliphatic heterocycles. The number of hydrogen-bond acceptors (Lipinski definition) is 4. The van der Waals surface area contributed by atoms with Crippen molar-refractivity contribution >= 4 is 11.7 Å². The topological polar surface area (TPSA) is 86.6 Å². The zero-order valence-corrected chi connectivity index (χ0v) is 14.1. The normalized spacial score (nSPS) is 12.0. The molecule has 120 valence electrons. The molecular weight excluding hydrogens is 258 g/mol. The minimum Gasteiger partial charge on any atom is -0.389 e. The first-order valence-corrected chi connectivity index (χ1v) is 6.95. The summed E-state index contributed by atoms with van der Waals surface area (Å²) in [5.41, 5.74) is -1.97. The molecule has 20 heavy (non-hydrogen) atoms. The van der Waals surface area contributed by atoms with E-state index in [1.54, 1.807) is 27.7 Å². The van der Waals surface area contributed by atoms with Gasteiger partial charge in [-0.2, -0.15) is 0 Å². The van der Waals surface area contributed by atoms with Crippen LogP contribution in [-0.2, 0) is 9.59 Å². The molecule has 0 aromatic rings. The Morgan fingerprint density at radius 3 is 1.50 bits per heavy atom. The summed E-state index contributed by atoms with van der Waals surface area (Å²) < 4.78 is 0. The Labute approximate surface area is 122 Å². The van der Waals surface area contributed by atoms with Crippen LogP contribution in [0.1, 0.15) is 55.4 Å². The van der Waals surface area contributed by atoms with Gasteiger partial charge in [-0.25, -0.2) is 0 Å². The average molecular weight is 289 g/mol. The molecule has 0 aliphatic rings. The minimum absolute atomic E-state index is 0.0163. The van der Waals surface area contributed by atoms with Crippen LogP contribution in [0.15, 0.2) is 0 Å². The highest BCUT2D eigenvalue weighted by Crippen LogP contribution is 2.09. The van der Waals surface area contributed by atoms with Crippen LogP contribution in [0.25, 0.3) is 0 Å². The largest absolute Gasteiger partial charge is 0.389 e. The molecule has 0 fully saturated rings. The maximum atomic E-state index is 11.0. The molecule has 0 bridgehead atoms. The number of Topliss-reactive ketones (excluding diaryl/α,β-unsaturated/α-hetero) is 1. The number of aliphatic hydroxyl groups is 2. The van der Waals surface area contributed by atoms with Gasteiger partial charge in [-0.15, -0.1) is 0 Å². The molecule has 0 spiro atoms. The van der Waals surface area contributed by atoms with Crippen molar-refractivity contribution in [3.8, 4) is 0 Å². The summed E-state index contributed by atoms with van der Waals surface area (Å²) in [5.74, 6) is -0.225. The van der Waals surface area contributed by atoms with Crippen LogP contribution in [0.3, 0.4) is 0 Å². The lowest BCUT2D eigenvalue weighted by Gasteiger charge is -2.18. The highest BCUT2D eigenvalue weighted by atomic mass is 16.3. The van der Waals surface area contributed by atoms with E-state index in [2.05, 4.69) is 5.32 Å². The maximum Gasteiger partial charge on any atom is 0.222 e. The zero-order chi connectivity index (χ0) is 16.7. The SMILES string of the molecule is CC(C)C(=O)C(C)(C)O.CC(C)C(=O)NCC(C)(C)O. The second kappa shape index (κ2) is 8.37. The van der Waals surface area contributed by atoms with Gasteiger partial charge in [0.25, 0.3) is 0 Å². The van der Waals surface area contributed by atoms with Crippen LogP contribution in [-0.4, -0.2) is 39.7 Å². The van der Waals surface area contributed by atoms with Gasteiger partial charge in [-0.05, 0) is 27.7 Å². The number of carbonyl (C=O) groups excluding carboxylic acids is 2. The van der Waals surface area contributed by atoms with E-state index < -0.39 is 11.2 Å². The summed E-state index contributed by atoms with van der Waals surface area (Å²) >= 11 is 0. The van der Waals surface area contributed by atoms with Crippen molar-refractivity contribution in [2.45, 2.75) is 66.6 Å². The first kappa shape index (κ1) is 21.4. The number of carbonyl (C=O) groups is 2. The molecule has 0 atom stereocenters. The van der Waals surface area contributed by atoms with Crippen molar-refractivity contribution < 1.29 is 19.8 Å². The summed E-state index contributed by atoms with van der Waals surface area (Å²) in [5, 5.41) is 21.0. The summed E-state index contributed by atoms with van der Waals surface area (Å²) in [6.07, 6.45) is 0. The Kier molecular flexibility index (Phi) is 8.94. The first-order valence-electron chi connectivity index (χ1n) is 6.95. The second-order valence-corrected chi connectivity index (χ2v) is 6.76. The molecule has 3 N–H and O–H groups in total. The van der Waals surface area contributed by atoms with Crippen molar-refractivity contribution in [1.29, 1.82) is 0 Å². The van der Waals surface area contributed by atoms with Crippen molar-refractivity contribution in [2.24, 2.45) is 11.8 Å². The van der Waals surface area contributed by atoms with Gasteiger partial charge >= 0.3 is 0 Å². The monoisotopic (exact) mass is 289 g/mol. The quantitative estimate of drug-likeness (QED) is 0.716. The van der Waals surface area contributed by atoms with Crippen LogP contribution < -0.4 is 5.32 Å². The molecule has 1 amide bonds. The maximum absolute atomic E-state index is 11.0. The summed E-state index contributed by atoms with van der Waals surface area (Å²) in [4.78, 5) is 21.9. The first-order chi connectivity index (χ1) is 8.68. The van der Waals surface area contributed by atoms with E-state index in [1.165, 1.54) is 13.8 Å². The molecule has 5 nitrogen and oxygen atoms in total. The van der Waals surface area contributed by atoms with Gasteiger partial charge in [0.05, 0.1) is 5.60 Å². The Balaban J connectivity index is 0. The Bertz CT molecular complexity index is 309. The highest BCUT2D eigenvalue weighted by molar-refractivity contribution is 5.87. The zero-order valence-electron chi connectivity index (χ0n) is 14.1. The predicted molar refractivity (Wildman–Crippen MR) is 80.3 cm³/mol. The lowest BCUT2D eigenvalue weighted by atomic mass is 9.95. The van der Waals surface area contributed by atoms with Crippen LogP contribution >= 0.6 is 0 Å². The van der Waals surface area contributed by atoms with E-state index in [1.807, 2.05) is 13.8 Å². The molecule has 0 radical (unpaired) electrons. The fourth-order valence-corrected chi connectivity index (χ4v) is 1.21. The van der Waals surface area contributed by atoms with Gasteiger partial charge in [0, 0.05) is 18.4 Å². The number of hydrogen-bond donors (Lipinski definition) is 3. The fraction of sp³-hybridized carbons (Fsp3) is 0.867. The third-order valence-corrected chi connectivity index (χ3v) is 2.35. The standard InChI is InChI=1S/C8H17NO2.C7H14O2/c1-6(2)7(10)9-5-8(3,4)11;1-5(2)6(8)7(3,4)9/h6,11H,5H2,1-4H3,(H,9,10);5,9H,1-4H3. The second-order valence-electron chi connectivity index (χ2n) is 6.76. The summed E-state index contributed by atoms with van der Waals surface area (Å²) in [6.45, 7) is 13.8. The lowest BCUT2D eigenvalue weighted by Crippen LogP contribution is -2.39. The van der Waals surface area contributed by atoms with Gasteiger partial charge in [-0.3, -0.25) is 9.59 Å². The van der Waals surface area contributed by atoms with Gasteiger partial charge in [0.1, 0.15) is 5.60 Å². The highest BCUT2D eigenvalue weighted by Gasteiger charge is 2.25. The molecule has 0 aromatic heterocycles. The van der Waals surface area contributed by atoms with Gasteiger partial charge < -0.3 is 15.5 Å². The molecule has 0 saturated carbocycles. The third kappa shape index (κ3) is 12.1. The number of rotatable bonds is 5. The molecule has 0 aromatic carbocycles. The average Bonchev–Trinajstić information content (AvgIpc) is 2.23. The van der Waals surface area contributed by atoms with E-state index in [4.69, 9.17) is 5.11 Å². The van der Waals surface area contributed by atoms with Gasteiger partial charge in [0.2, 0.25) is 5.91 Å². The van der Waals surface area contributed by atoms with E-state index in [0.717, 1.165) is 0 Å². The summed E-state index contributed by atoms with van der Waals surface area (Å²) in [6, 6.07) is 0. The molecule has 5 heteroatoms. The smallest absolute Gasteiger partial charge is 0.222 e. The molecular formula is C15H31NO4. The molecule has 0 saturated heterocycles. The van der Waals surface area contributed by atoms with Crippen LogP contribution in [0.5, 0.6) is 0 Å². The van der Waals surface area contributed by atoms with Crippen molar-refractivity contribution in [3.63, 3.8) is 0 Å². The fourth-order valence-electron chi connectivity index (χ4n) is 1.21. The Hall–Kier alpha value is -0.940. The number of nitrogens with one attached hydrogen (secondary N) is 1. The van der Waals surface area contributed by atoms with E-state index >= 15 is 0 Å². The number of ketones is 1. The van der Waals surface area contributed by atoms with Crippen LogP contribution in [0, 0.1) is 11.8 Å². The van der Waals surface area contributed by atoms with E-state index in [0.29, 0.717) is 6.54 Å².